The van der Waals surface area contributed by atoms with Gasteiger partial charge < -0.3 is 9.47 Å². The molecular formula is C14H14Cl2FNO3. The van der Waals surface area contributed by atoms with Crippen molar-refractivity contribution in [2.45, 2.75) is 18.6 Å². The van der Waals surface area contributed by atoms with Gasteiger partial charge in [-0.05, 0) is 12.1 Å². The lowest BCUT2D eigenvalue weighted by Crippen LogP contribution is -2.46. The standard InChI is InChI=1S/C14H14Cl2FNO3/c15-9-6-10(16)11(17)5-8(9)13-7-18(2-4-20-13)12-1-3-21-14(12)19/h5-6,12-13H,1-4,7H2/t12-,13-/m1/s1. The van der Waals surface area contributed by atoms with E-state index in [-0.39, 0.29) is 23.1 Å². The zero-order valence-corrected chi connectivity index (χ0v) is 12.7. The predicted molar refractivity (Wildman–Crippen MR) is 76.1 cm³/mol. The first-order valence-corrected chi connectivity index (χ1v) is 7.48. The van der Waals surface area contributed by atoms with Gasteiger partial charge in [-0.15, -0.1) is 0 Å². The Morgan fingerprint density at radius 3 is 2.76 bits per heavy atom. The molecule has 1 aromatic rings. The van der Waals surface area contributed by atoms with Gasteiger partial charge in [-0.3, -0.25) is 9.69 Å². The monoisotopic (exact) mass is 333 g/mol. The van der Waals surface area contributed by atoms with Crippen molar-refractivity contribution in [1.29, 1.82) is 0 Å². The molecule has 2 aliphatic heterocycles. The van der Waals surface area contributed by atoms with Crippen molar-refractivity contribution in [2.24, 2.45) is 0 Å². The van der Waals surface area contributed by atoms with Crippen molar-refractivity contribution in [3.8, 4) is 0 Å². The van der Waals surface area contributed by atoms with Crippen LogP contribution in [-0.4, -0.2) is 43.2 Å². The normalized spacial score (nSPS) is 26.9. The lowest BCUT2D eigenvalue weighted by molar-refractivity contribution is -0.144. The van der Waals surface area contributed by atoms with Crippen LogP contribution in [0, 0.1) is 5.82 Å². The van der Waals surface area contributed by atoms with Crippen LogP contribution in [0.5, 0.6) is 0 Å². The van der Waals surface area contributed by atoms with E-state index in [1.165, 1.54) is 12.1 Å². The van der Waals surface area contributed by atoms with Gasteiger partial charge in [0.1, 0.15) is 11.9 Å². The third-order valence-electron chi connectivity index (χ3n) is 3.83. The number of carbonyl (C=O) groups is 1. The molecule has 2 fully saturated rings. The van der Waals surface area contributed by atoms with E-state index in [4.69, 9.17) is 32.7 Å². The summed E-state index contributed by atoms with van der Waals surface area (Å²) in [5.74, 6) is -0.735. The predicted octanol–water partition coefficient (Wildman–Crippen LogP) is 2.82. The Hall–Kier alpha value is -0.880. The molecule has 0 aliphatic carbocycles. The number of halogens is 3. The van der Waals surface area contributed by atoms with Crippen molar-refractivity contribution >= 4 is 29.2 Å². The van der Waals surface area contributed by atoms with Crippen LogP contribution in [0.3, 0.4) is 0 Å². The minimum Gasteiger partial charge on any atom is -0.464 e. The summed E-state index contributed by atoms with van der Waals surface area (Å²) in [6.07, 6.45) is 0.292. The molecule has 0 radical (unpaired) electrons. The van der Waals surface area contributed by atoms with Crippen LogP contribution in [0.4, 0.5) is 4.39 Å². The van der Waals surface area contributed by atoms with Gasteiger partial charge in [0.25, 0.3) is 0 Å². The molecule has 0 spiro atoms. The molecule has 7 heteroatoms. The number of benzene rings is 1. The van der Waals surface area contributed by atoms with Gasteiger partial charge in [0, 0.05) is 30.1 Å². The molecule has 4 nitrogen and oxygen atoms in total. The second-order valence-electron chi connectivity index (χ2n) is 5.11. The molecule has 2 aliphatic rings. The highest BCUT2D eigenvalue weighted by molar-refractivity contribution is 6.35. The van der Waals surface area contributed by atoms with Crippen LogP contribution in [0.2, 0.25) is 10.0 Å². The van der Waals surface area contributed by atoms with Crippen LogP contribution in [0.15, 0.2) is 12.1 Å². The maximum Gasteiger partial charge on any atom is 0.323 e. The van der Waals surface area contributed by atoms with Crippen LogP contribution in [0.1, 0.15) is 18.1 Å². The van der Waals surface area contributed by atoms with Gasteiger partial charge >= 0.3 is 5.97 Å². The number of hydrogen-bond donors (Lipinski definition) is 0. The Morgan fingerprint density at radius 2 is 2.05 bits per heavy atom. The summed E-state index contributed by atoms with van der Waals surface area (Å²) in [6.45, 7) is 2.02. The molecule has 21 heavy (non-hydrogen) atoms. The number of esters is 1. The van der Waals surface area contributed by atoms with Crippen molar-refractivity contribution < 1.29 is 18.7 Å². The summed E-state index contributed by atoms with van der Waals surface area (Å²) in [5.41, 5.74) is 0.551. The van der Waals surface area contributed by atoms with Crippen molar-refractivity contribution in [1.82, 2.24) is 4.90 Å². The van der Waals surface area contributed by atoms with Gasteiger partial charge in [-0.1, -0.05) is 23.2 Å². The first-order valence-electron chi connectivity index (χ1n) is 6.73. The SMILES string of the molecule is O=C1OCC[C@H]1N1CCO[C@@H](c2cc(F)c(Cl)cc2Cl)C1. The second kappa shape index (κ2) is 6.08. The van der Waals surface area contributed by atoms with Crippen LogP contribution in [-0.2, 0) is 14.3 Å². The highest BCUT2D eigenvalue weighted by atomic mass is 35.5. The highest BCUT2D eigenvalue weighted by Gasteiger charge is 2.36. The van der Waals surface area contributed by atoms with Crippen LogP contribution in [0.25, 0.3) is 0 Å². The minimum absolute atomic E-state index is 0.0178. The third kappa shape index (κ3) is 3.01. The fourth-order valence-corrected chi connectivity index (χ4v) is 3.25. The number of carbonyl (C=O) groups excluding carboxylic acids is 1. The molecule has 0 N–H and O–H groups in total. The Kier molecular flexibility index (Phi) is 4.36. The summed E-state index contributed by atoms with van der Waals surface area (Å²) in [5, 5.41) is 0.345. The number of nitrogens with zero attached hydrogens (tertiary/aromatic N) is 1. The topological polar surface area (TPSA) is 38.8 Å². The molecular weight excluding hydrogens is 320 g/mol. The molecule has 0 unspecified atom stereocenters. The van der Waals surface area contributed by atoms with E-state index in [0.29, 0.717) is 43.3 Å². The van der Waals surface area contributed by atoms with Gasteiger partial charge in [0.15, 0.2) is 0 Å². The third-order valence-corrected chi connectivity index (χ3v) is 4.45. The molecule has 2 saturated heterocycles. The van der Waals surface area contributed by atoms with E-state index in [1.54, 1.807) is 0 Å². The molecule has 1 aromatic carbocycles. The first kappa shape index (κ1) is 15.0. The van der Waals surface area contributed by atoms with Crippen molar-refractivity contribution in [2.75, 3.05) is 26.3 Å². The van der Waals surface area contributed by atoms with Gasteiger partial charge in [0.2, 0.25) is 0 Å². The lowest BCUT2D eigenvalue weighted by Gasteiger charge is -2.35. The van der Waals surface area contributed by atoms with E-state index in [9.17, 15) is 9.18 Å². The average Bonchev–Trinajstić information content (AvgIpc) is 2.89. The molecule has 3 rings (SSSR count). The average molecular weight is 334 g/mol. The van der Waals surface area contributed by atoms with Gasteiger partial charge in [-0.25, -0.2) is 4.39 Å². The quantitative estimate of drug-likeness (QED) is 0.616. The fourth-order valence-electron chi connectivity index (χ4n) is 2.74. The number of ether oxygens (including phenoxy) is 2. The Balaban J connectivity index is 1.80. The zero-order valence-electron chi connectivity index (χ0n) is 11.2. The highest BCUT2D eigenvalue weighted by Crippen LogP contribution is 2.33. The Bertz CT molecular complexity index is 569. The van der Waals surface area contributed by atoms with Crippen LogP contribution >= 0.6 is 23.2 Å². The van der Waals surface area contributed by atoms with Gasteiger partial charge in [-0.2, -0.15) is 0 Å². The van der Waals surface area contributed by atoms with E-state index >= 15 is 0 Å². The number of cyclic esters (lactones) is 1. The van der Waals surface area contributed by atoms with Crippen LogP contribution < -0.4 is 0 Å². The largest absolute Gasteiger partial charge is 0.464 e. The molecule has 2 heterocycles. The summed E-state index contributed by atoms with van der Waals surface area (Å²) >= 11 is 11.8. The Morgan fingerprint density at radius 1 is 1.24 bits per heavy atom. The maximum absolute atomic E-state index is 13.6. The van der Waals surface area contributed by atoms with Crippen molar-refractivity contribution in [3.05, 3.63) is 33.6 Å². The Labute approximate surface area is 131 Å². The van der Waals surface area contributed by atoms with Gasteiger partial charge in [0.05, 0.1) is 24.3 Å². The van der Waals surface area contributed by atoms with Crippen molar-refractivity contribution in [3.63, 3.8) is 0 Å². The zero-order chi connectivity index (χ0) is 15.0. The molecule has 0 bridgehead atoms. The second-order valence-corrected chi connectivity index (χ2v) is 5.93. The van der Waals surface area contributed by atoms with E-state index < -0.39 is 5.82 Å². The number of rotatable bonds is 2. The summed E-state index contributed by atoms with van der Waals surface area (Å²) in [6, 6.07) is 2.43. The molecule has 114 valence electrons. The number of hydrogen-bond acceptors (Lipinski definition) is 4. The molecule has 0 amide bonds. The summed E-state index contributed by atoms with van der Waals surface area (Å²) in [7, 11) is 0. The molecule has 0 saturated carbocycles. The van der Waals surface area contributed by atoms with E-state index in [0.717, 1.165) is 0 Å². The van der Waals surface area contributed by atoms with E-state index in [2.05, 4.69) is 0 Å². The fraction of sp³-hybridized carbons (Fsp3) is 0.500. The minimum atomic E-state index is -0.530. The summed E-state index contributed by atoms with van der Waals surface area (Å²) < 4.78 is 24.3. The molecule has 0 aromatic heterocycles. The lowest BCUT2D eigenvalue weighted by atomic mass is 10.1. The first-order chi connectivity index (χ1) is 10.1. The molecule has 2 atom stereocenters. The maximum atomic E-state index is 13.6. The van der Waals surface area contributed by atoms with E-state index in [1.807, 2.05) is 4.90 Å². The number of morpholine rings is 1. The summed E-state index contributed by atoms with van der Waals surface area (Å²) in [4.78, 5) is 13.7. The smallest absolute Gasteiger partial charge is 0.323 e.